The molecule has 0 atom stereocenters. The van der Waals surface area contributed by atoms with Gasteiger partial charge in [-0.05, 0) is 48.9 Å². The zero-order valence-electron chi connectivity index (χ0n) is 17.9. The first-order chi connectivity index (χ1) is 16.1. The molecule has 4 rings (SSSR count). The molecule has 33 heavy (non-hydrogen) atoms. The number of nitrogens with one attached hydrogen (secondary N) is 2. The molecular formula is C25H22N4O4. The van der Waals surface area contributed by atoms with Gasteiger partial charge in [-0.25, -0.2) is 9.78 Å². The fourth-order valence-electron chi connectivity index (χ4n) is 3.32. The number of fused-ring (bicyclic) bond motifs is 1. The number of carbonyl (C=O) groups excluding carboxylic acids is 3. The van der Waals surface area contributed by atoms with Crippen LogP contribution in [0.25, 0.3) is 5.52 Å². The van der Waals surface area contributed by atoms with E-state index in [-0.39, 0.29) is 18.1 Å². The topological polar surface area (TPSA) is 102 Å². The van der Waals surface area contributed by atoms with Crippen molar-refractivity contribution in [1.29, 1.82) is 0 Å². The Morgan fingerprint density at radius 3 is 2.36 bits per heavy atom. The summed E-state index contributed by atoms with van der Waals surface area (Å²) in [6.45, 7) is 2.36. The highest BCUT2D eigenvalue weighted by Crippen LogP contribution is 2.17. The molecule has 2 N–H and O–H groups in total. The van der Waals surface area contributed by atoms with Gasteiger partial charge in [0.2, 0.25) is 5.82 Å². The maximum atomic E-state index is 13.0. The summed E-state index contributed by atoms with van der Waals surface area (Å²) in [5, 5.41) is 5.60. The molecular weight excluding hydrogens is 420 g/mol. The minimum absolute atomic E-state index is 0.115. The molecule has 2 aromatic carbocycles. The van der Waals surface area contributed by atoms with Crippen molar-refractivity contribution in [2.24, 2.45) is 0 Å². The van der Waals surface area contributed by atoms with Crippen molar-refractivity contribution in [3.63, 3.8) is 0 Å². The van der Waals surface area contributed by atoms with E-state index in [1.165, 1.54) is 0 Å². The smallest absolute Gasteiger partial charge is 0.338 e. The summed E-state index contributed by atoms with van der Waals surface area (Å²) < 4.78 is 6.55. The Bertz CT molecular complexity index is 1300. The van der Waals surface area contributed by atoms with Gasteiger partial charge in [-0.15, -0.1) is 0 Å². The molecule has 0 aliphatic heterocycles. The van der Waals surface area contributed by atoms with Crippen molar-refractivity contribution in [2.45, 2.75) is 13.5 Å². The van der Waals surface area contributed by atoms with E-state index in [2.05, 4.69) is 15.6 Å². The van der Waals surface area contributed by atoms with Crippen molar-refractivity contribution >= 4 is 29.0 Å². The number of benzene rings is 2. The molecule has 0 saturated carbocycles. The van der Waals surface area contributed by atoms with Crippen LogP contribution in [0.5, 0.6) is 0 Å². The first-order valence-corrected chi connectivity index (χ1v) is 10.4. The molecule has 0 unspecified atom stereocenters. The fraction of sp³-hybridized carbons (Fsp3) is 0.120. The number of imidazole rings is 1. The molecule has 0 saturated heterocycles. The van der Waals surface area contributed by atoms with Gasteiger partial charge in [0.25, 0.3) is 11.8 Å². The van der Waals surface area contributed by atoms with Crippen molar-refractivity contribution < 1.29 is 19.1 Å². The summed E-state index contributed by atoms with van der Waals surface area (Å²) in [7, 11) is 0. The number of carbonyl (C=O) groups is 3. The second kappa shape index (κ2) is 9.78. The number of hydrogen-bond donors (Lipinski definition) is 2. The van der Waals surface area contributed by atoms with Gasteiger partial charge in [-0.2, -0.15) is 0 Å². The average molecular weight is 442 g/mol. The molecule has 0 bridgehead atoms. The van der Waals surface area contributed by atoms with E-state index < -0.39 is 17.8 Å². The quantitative estimate of drug-likeness (QED) is 0.425. The molecule has 166 valence electrons. The van der Waals surface area contributed by atoms with Gasteiger partial charge < -0.3 is 15.4 Å². The van der Waals surface area contributed by atoms with E-state index in [0.29, 0.717) is 23.3 Å². The van der Waals surface area contributed by atoms with Crippen molar-refractivity contribution in [3.8, 4) is 0 Å². The highest BCUT2D eigenvalue weighted by molar-refractivity contribution is 6.09. The summed E-state index contributed by atoms with van der Waals surface area (Å²) in [5.41, 5.74) is 2.45. The van der Waals surface area contributed by atoms with Crippen LogP contribution in [0, 0.1) is 0 Å². The third kappa shape index (κ3) is 4.90. The maximum Gasteiger partial charge on any atom is 0.338 e. The summed E-state index contributed by atoms with van der Waals surface area (Å²) in [5.74, 6) is -1.17. The van der Waals surface area contributed by atoms with E-state index in [0.717, 1.165) is 5.56 Å². The molecule has 2 heterocycles. The second-order valence-electron chi connectivity index (χ2n) is 7.16. The first kappa shape index (κ1) is 21.8. The number of rotatable bonds is 7. The van der Waals surface area contributed by atoms with Crippen LogP contribution in [-0.2, 0) is 11.3 Å². The van der Waals surface area contributed by atoms with Gasteiger partial charge in [0, 0.05) is 18.4 Å². The lowest BCUT2D eigenvalue weighted by Crippen LogP contribution is -2.25. The van der Waals surface area contributed by atoms with E-state index in [1.54, 1.807) is 60.0 Å². The van der Waals surface area contributed by atoms with E-state index in [1.807, 2.05) is 30.3 Å². The first-order valence-electron chi connectivity index (χ1n) is 10.4. The maximum absolute atomic E-state index is 13.0. The van der Waals surface area contributed by atoms with E-state index in [4.69, 9.17) is 4.74 Å². The van der Waals surface area contributed by atoms with Crippen molar-refractivity contribution in [2.75, 3.05) is 11.9 Å². The Labute approximate surface area is 190 Å². The Balaban J connectivity index is 1.53. The number of esters is 1. The highest BCUT2D eigenvalue weighted by Gasteiger charge is 2.21. The Kier molecular flexibility index (Phi) is 6.45. The molecule has 0 radical (unpaired) electrons. The lowest BCUT2D eigenvalue weighted by atomic mass is 10.2. The lowest BCUT2D eigenvalue weighted by Gasteiger charge is -2.05. The number of nitrogens with zero attached hydrogens (tertiary/aromatic N) is 2. The Morgan fingerprint density at radius 2 is 1.64 bits per heavy atom. The van der Waals surface area contributed by atoms with Crippen LogP contribution in [0.4, 0.5) is 5.69 Å². The number of aromatic nitrogens is 2. The van der Waals surface area contributed by atoms with E-state index in [9.17, 15) is 14.4 Å². The van der Waals surface area contributed by atoms with Gasteiger partial charge in [-0.1, -0.05) is 36.4 Å². The van der Waals surface area contributed by atoms with Crippen LogP contribution in [0.15, 0.2) is 79.0 Å². The summed E-state index contributed by atoms with van der Waals surface area (Å²) in [4.78, 5) is 41.9. The number of anilines is 1. The zero-order chi connectivity index (χ0) is 23.2. The van der Waals surface area contributed by atoms with Gasteiger partial charge in [0.1, 0.15) is 0 Å². The minimum atomic E-state index is -0.468. The highest BCUT2D eigenvalue weighted by atomic mass is 16.5. The fourth-order valence-corrected chi connectivity index (χ4v) is 3.32. The van der Waals surface area contributed by atoms with Crippen molar-refractivity contribution in [1.82, 2.24) is 14.7 Å². The normalized spacial score (nSPS) is 10.6. The summed E-state index contributed by atoms with van der Waals surface area (Å²) in [6, 6.07) is 21.1. The number of pyridine rings is 1. The van der Waals surface area contributed by atoms with Gasteiger partial charge >= 0.3 is 5.97 Å². The molecule has 0 aliphatic carbocycles. The van der Waals surface area contributed by atoms with Gasteiger partial charge in [0.05, 0.1) is 17.7 Å². The molecule has 4 aromatic rings. The predicted molar refractivity (Wildman–Crippen MR) is 123 cm³/mol. The van der Waals surface area contributed by atoms with Crippen LogP contribution in [0.1, 0.15) is 44.0 Å². The minimum Gasteiger partial charge on any atom is -0.462 e. The SMILES string of the molecule is CCOC(=O)c1ccc(NC(=O)c2nc(C(=O)NCc3ccccc3)n3ccccc23)cc1. The van der Waals surface area contributed by atoms with Crippen LogP contribution in [0.3, 0.4) is 0 Å². The Hall–Kier alpha value is -4.46. The van der Waals surface area contributed by atoms with Crippen LogP contribution < -0.4 is 10.6 Å². The zero-order valence-corrected chi connectivity index (χ0v) is 17.9. The third-order valence-electron chi connectivity index (χ3n) is 4.92. The second-order valence-corrected chi connectivity index (χ2v) is 7.16. The molecule has 8 heteroatoms. The van der Waals surface area contributed by atoms with Crippen LogP contribution in [-0.4, -0.2) is 33.8 Å². The molecule has 0 spiro atoms. The monoisotopic (exact) mass is 442 g/mol. The largest absolute Gasteiger partial charge is 0.462 e. The van der Waals surface area contributed by atoms with Gasteiger partial charge in [0.15, 0.2) is 5.69 Å². The summed E-state index contributed by atoms with van der Waals surface area (Å²) in [6.07, 6.45) is 1.69. The number of hydrogen-bond acceptors (Lipinski definition) is 5. The standard InChI is InChI=1S/C25H22N4O4/c1-2-33-25(32)18-11-13-19(14-12-18)27-23(30)21-20-10-6-7-15-29(20)22(28-21)24(31)26-16-17-8-4-3-5-9-17/h3-15H,2,16H2,1H3,(H,26,31)(H,27,30). The molecule has 0 aliphatic rings. The Morgan fingerprint density at radius 1 is 0.909 bits per heavy atom. The molecule has 2 aromatic heterocycles. The number of amides is 2. The van der Waals surface area contributed by atoms with Crippen LogP contribution >= 0.6 is 0 Å². The number of ether oxygens (including phenoxy) is 1. The van der Waals surface area contributed by atoms with Gasteiger partial charge in [-0.3, -0.25) is 14.0 Å². The predicted octanol–water partition coefficient (Wildman–Crippen LogP) is 3.69. The average Bonchev–Trinajstić information content (AvgIpc) is 3.24. The van der Waals surface area contributed by atoms with Crippen molar-refractivity contribution in [3.05, 3.63) is 102 Å². The molecule has 0 fully saturated rings. The van der Waals surface area contributed by atoms with Crippen LogP contribution in [0.2, 0.25) is 0 Å². The molecule has 2 amide bonds. The molecule has 8 nitrogen and oxygen atoms in total. The third-order valence-corrected chi connectivity index (χ3v) is 4.92. The lowest BCUT2D eigenvalue weighted by molar-refractivity contribution is 0.0526. The van der Waals surface area contributed by atoms with E-state index >= 15 is 0 Å². The summed E-state index contributed by atoms with van der Waals surface area (Å²) >= 11 is 0.